The van der Waals surface area contributed by atoms with Gasteiger partial charge >= 0.3 is 5.97 Å². The Morgan fingerprint density at radius 2 is 1.63 bits per heavy atom. The SMILES string of the molecule is C=C/C(=C\C=C(/C)CC(=O)O)CC(C)C.CC.CC. The first kappa shape index (κ1) is 22.8. The lowest BCUT2D eigenvalue weighted by molar-refractivity contribution is -0.136. The highest BCUT2D eigenvalue weighted by molar-refractivity contribution is 5.69. The third kappa shape index (κ3) is 19.2. The van der Waals surface area contributed by atoms with Crippen molar-refractivity contribution in [1.82, 2.24) is 0 Å². The van der Waals surface area contributed by atoms with Crippen LogP contribution >= 0.6 is 0 Å². The Kier molecular flexibility index (Phi) is 20.1. The van der Waals surface area contributed by atoms with Crippen molar-refractivity contribution in [2.45, 2.75) is 61.3 Å². The van der Waals surface area contributed by atoms with E-state index >= 15 is 0 Å². The van der Waals surface area contributed by atoms with Crippen LogP contribution < -0.4 is 0 Å². The number of carboxylic acid groups (broad SMARTS) is 1. The molecular formula is C17H32O2. The van der Waals surface area contributed by atoms with Crippen molar-refractivity contribution in [3.63, 3.8) is 0 Å². The molecule has 0 atom stereocenters. The average Bonchev–Trinajstić information content (AvgIpc) is 2.38. The summed E-state index contributed by atoms with van der Waals surface area (Å²) in [5.41, 5.74) is 2.00. The number of carboxylic acids is 1. The van der Waals surface area contributed by atoms with Crippen LogP contribution in [0.4, 0.5) is 0 Å². The van der Waals surface area contributed by atoms with Gasteiger partial charge in [0.2, 0.25) is 0 Å². The number of carbonyl (C=O) groups is 1. The third-order valence-corrected chi connectivity index (χ3v) is 1.92. The summed E-state index contributed by atoms with van der Waals surface area (Å²) < 4.78 is 0. The summed E-state index contributed by atoms with van der Waals surface area (Å²) in [6.45, 7) is 17.8. The minimum absolute atomic E-state index is 0.0998. The molecule has 0 aliphatic rings. The van der Waals surface area contributed by atoms with Gasteiger partial charge in [-0.25, -0.2) is 0 Å². The maximum Gasteiger partial charge on any atom is 0.307 e. The van der Waals surface area contributed by atoms with E-state index in [0.717, 1.165) is 17.6 Å². The lowest BCUT2D eigenvalue weighted by Crippen LogP contribution is -1.94. The first-order chi connectivity index (χ1) is 8.95. The molecule has 19 heavy (non-hydrogen) atoms. The summed E-state index contributed by atoms with van der Waals surface area (Å²) in [4.78, 5) is 10.4. The summed E-state index contributed by atoms with van der Waals surface area (Å²) >= 11 is 0. The Labute approximate surface area is 119 Å². The van der Waals surface area contributed by atoms with E-state index in [4.69, 9.17) is 5.11 Å². The lowest BCUT2D eigenvalue weighted by atomic mass is 10.0. The molecule has 0 saturated carbocycles. The fourth-order valence-electron chi connectivity index (χ4n) is 1.24. The van der Waals surface area contributed by atoms with Crippen molar-refractivity contribution in [1.29, 1.82) is 0 Å². The smallest absolute Gasteiger partial charge is 0.307 e. The summed E-state index contributed by atoms with van der Waals surface area (Å²) in [6, 6.07) is 0. The van der Waals surface area contributed by atoms with Crippen molar-refractivity contribution in [3.05, 3.63) is 36.0 Å². The molecule has 0 heterocycles. The van der Waals surface area contributed by atoms with Gasteiger partial charge < -0.3 is 5.11 Å². The molecule has 112 valence electrons. The van der Waals surface area contributed by atoms with Gasteiger partial charge in [-0.1, -0.05) is 71.9 Å². The predicted octanol–water partition coefficient (Wildman–Crippen LogP) is 5.62. The molecule has 0 aromatic rings. The van der Waals surface area contributed by atoms with Gasteiger partial charge in [0.05, 0.1) is 6.42 Å². The number of hydrogen-bond donors (Lipinski definition) is 1. The number of aliphatic carboxylic acids is 1. The fraction of sp³-hybridized carbons (Fsp3) is 0.588. The zero-order chi connectivity index (χ0) is 15.8. The van der Waals surface area contributed by atoms with Gasteiger partial charge in [-0.3, -0.25) is 4.79 Å². The third-order valence-electron chi connectivity index (χ3n) is 1.92. The van der Waals surface area contributed by atoms with Gasteiger partial charge in [0, 0.05) is 0 Å². The van der Waals surface area contributed by atoms with Gasteiger partial charge in [-0.2, -0.15) is 0 Å². The highest BCUT2D eigenvalue weighted by Crippen LogP contribution is 2.12. The fourth-order valence-corrected chi connectivity index (χ4v) is 1.24. The van der Waals surface area contributed by atoms with Crippen molar-refractivity contribution in [2.24, 2.45) is 5.92 Å². The molecule has 0 amide bonds. The molecule has 0 aliphatic heterocycles. The van der Waals surface area contributed by atoms with E-state index in [1.807, 2.05) is 52.8 Å². The van der Waals surface area contributed by atoms with Crippen LogP contribution in [-0.4, -0.2) is 11.1 Å². The summed E-state index contributed by atoms with van der Waals surface area (Å²) in [5, 5.41) is 8.57. The molecule has 1 N–H and O–H groups in total. The molecular weight excluding hydrogens is 236 g/mol. The Hall–Kier alpha value is -1.31. The van der Waals surface area contributed by atoms with Crippen LogP contribution in [0.5, 0.6) is 0 Å². The van der Waals surface area contributed by atoms with Crippen LogP contribution in [0.15, 0.2) is 36.0 Å². The number of hydrogen-bond acceptors (Lipinski definition) is 1. The topological polar surface area (TPSA) is 37.3 Å². The Balaban J connectivity index is -0.000000579. The molecule has 2 heteroatoms. The van der Waals surface area contributed by atoms with E-state index < -0.39 is 5.97 Å². The van der Waals surface area contributed by atoms with Crippen LogP contribution in [0.1, 0.15) is 61.3 Å². The highest BCUT2D eigenvalue weighted by atomic mass is 16.4. The number of allylic oxidation sites excluding steroid dienone is 4. The Morgan fingerprint density at radius 3 is 1.95 bits per heavy atom. The van der Waals surface area contributed by atoms with E-state index in [1.165, 1.54) is 0 Å². The number of rotatable bonds is 6. The van der Waals surface area contributed by atoms with Crippen molar-refractivity contribution >= 4 is 5.97 Å². The molecule has 0 aromatic carbocycles. The molecule has 0 aromatic heterocycles. The summed E-state index contributed by atoms with van der Waals surface area (Å²) in [7, 11) is 0. The van der Waals surface area contributed by atoms with E-state index in [9.17, 15) is 4.79 Å². The quantitative estimate of drug-likeness (QED) is 0.635. The molecule has 0 radical (unpaired) electrons. The monoisotopic (exact) mass is 268 g/mol. The van der Waals surface area contributed by atoms with Crippen LogP contribution in [0.25, 0.3) is 0 Å². The Morgan fingerprint density at radius 1 is 1.16 bits per heavy atom. The maximum atomic E-state index is 10.4. The summed E-state index contributed by atoms with van der Waals surface area (Å²) in [5.74, 6) is -0.205. The second-order valence-electron chi connectivity index (χ2n) is 4.13. The van der Waals surface area contributed by atoms with Crippen molar-refractivity contribution < 1.29 is 9.90 Å². The molecule has 0 rings (SSSR count). The molecule has 0 bridgehead atoms. The van der Waals surface area contributed by atoms with Gasteiger partial charge in [-0.15, -0.1) is 0 Å². The summed E-state index contributed by atoms with van der Waals surface area (Å²) in [6.07, 6.45) is 6.70. The van der Waals surface area contributed by atoms with Crippen LogP contribution in [0.3, 0.4) is 0 Å². The van der Waals surface area contributed by atoms with Crippen LogP contribution in [0.2, 0.25) is 0 Å². The molecule has 0 saturated heterocycles. The standard InChI is InChI=1S/C13H20O2.2C2H6/c1-5-12(8-10(2)3)7-6-11(4)9-13(14)15;2*1-2/h5-7,10H,1,8-9H2,2-4H3,(H,14,15);2*1-2H3/b11-6+,12-7+;;. The first-order valence-electron chi connectivity index (χ1n) is 7.16. The second-order valence-corrected chi connectivity index (χ2v) is 4.13. The first-order valence-corrected chi connectivity index (χ1v) is 7.16. The zero-order valence-corrected chi connectivity index (χ0v) is 13.8. The highest BCUT2D eigenvalue weighted by Gasteiger charge is 1.98. The minimum Gasteiger partial charge on any atom is -0.481 e. The largest absolute Gasteiger partial charge is 0.481 e. The van der Waals surface area contributed by atoms with Gasteiger partial charge in [-0.05, 0) is 24.8 Å². The van der Waals surface area contributed by atoms with Crippen LogP contribution in [-0.2, 0) is 4.79 Å². The molecule has 2 nitrogen and oxygen atoms in total. The van der Waals surface area contributed by atoms with Gasteiger partial charge in [0.15, 0.2) is 0 Å². The maximum absolute atomic E-state index is 10.4. The van der Waals surface area contributed by atoms with E-state index in [2.05, 4.69) is 20.4 Å². The zero-order valence-electron chi connectivity index (χ0n) is 13.8. The molecule has 0 unspecified atom stereocenters. The Bertz CT molecular complexity index is 284. The van der Waals surface area contributed by atoms with Gasteiger partial charge in [0.25, 0.3) is 0 Å². The molecule has 0 aliphatic carbocycles. The van der Waals surface area contributed by atoms with Gasteiger partial charge in [0.1, 0.15) is 0 Å². The van der Waals surface area contributed by atoms with Crippen molar-refractivity contribution in [3.8, 4) is 0 Å². The normalized spacial score (nSPS) is 10.9. The van der Waals surface area contributed by atoms with E-state index in [0.29, 0.717) is 5.92 Å². The van der Waals surface area contributed by atoms with Crippen LogP contribution in [0, 0.1) is 5.92 Å². The van der Waals surface area contributed by atoms with E-state index in [-0.39, 0.29) is 6.42 Å². The predicted molar refractivity (Wildman–Crippen MR) is 86.4 cm³/mol. The lowest BCUT2D eigenvalue weighted by Gasteiger charge is -2.04. The molecule has 0 spiro atoms. The average molecular weight is 268 g/mol. The van der Waals surface area contributed by atoms with E-state index in [1.54, 1.807) is 0 Å². The second kappa shape index (κ2) is 16.7. The molecule has 0 fully saturated rings. The van der Waals surface area contributed by atoms with Crippen molar-refractivity contribution in [2.75, 3.05) is 0 Å². The minimum atomic E-state index is -0.791.